The predicted octanol–water partition coefficient (Wildman–Crippen LogP) is 4.66. The number of hydrogen-bond donors (Lipinski definition) is 2. The molecule has 1 saturated heterocycles. The molecule has 5 nitrogen and oxygen atoms in total. The van der Waals surface area contributed by atoms with E-state index in [9.17, 15) is 0 Å². The molecule has 1 aromatic heterocycles. The molecule has 2 aromatic rings. The monoisotopic (exact) mass is 541 g/mol. The van der Waals surface area contributed by atoms with E-state index in [0.29, 0.717) is 0 Å². The molecule has 1 aliphatic rings. The van der Waals surface area contributed by atoms with Gasteiger partial charge in [0.1, 0.15) is 0 Å². The van der Waals surface area contributed by atoms with Crippen LogP contribution in [0.4, 0.5) is 0 Å². The van der Waals surface area contributed by atoms with Crippen LogP contribution < -0.4 is 10.6 Å². The number of nitrogens with zero attached hydrogens (tertiary/aromatic N) is 3. The van der Waals surface area contributed by atoms with E-state index >= 15 is 0 Å². The quantitative estimate of drug-likeness (QED) is 0.304. The van der Waals surface area contributed by atoms with Crippen molar-refractivity contribution >= 4 is 41.3 Å². The van der Waals surface area contributed by atoms with Crippen LogP contribution in [0, 0.1) is 13.8 Å². The van der Waals surface area contributed by atoms with Gasteiger partial charge in [-0.3, -0.25) is 9.89 Å². The largest absolute Gasteiger partial charge is 0.356 e. The first-order valence-electron chi connectivity index (χ1n) is 10.8. The number of likely N-dealkylation sites (tertiary alicyclic amines) is 1. The average Bonchev–Trinajstić information content (AvgIpc) is 2.89. The Hall–Kier alpha value is -1.19. The normalized spacial score (nSPS) is 15.4. The maximum absolute atomic E-state index is 4.60. The first kappa shape index (κ1) is 25.1. The lowest BCUT2D eigenvalue weighted by Crippen LogP contribution is -2.37. The number of nitrogens with one attached hydrogen (secondary N) is 2. The van der Waals surface area contributed by atoms with Crippen LogP contribution in [0.3, 0.4) is 0 Å². The molecular formula is C23H36IN5S. The summed E-state index contributed by atoms with van der Waals surface area (Å²) in [5, 5.41) is 8.02. The topological polar surface area (TPSA) is 52.6 Å². The van der Waals surface area contributed by atoms with Crippen molar-refractivity contribution in [1.29, 1.82) is 0 Å². The summed E-state index contributed by atoms with van der Waals surface area (Å²) in [5.74, 6) is 0.841. The Morgan fingerprint density at radius 1 is 1.10 bits per heavy atom. The number of aromatic nitrogens is 1. The number of halogens is 1. The summed E-state index contributed by atoms with van der Waals surface area (Å²) in [5.41, 5.74) is 3.85. The second-order valence-electron chi connectivity index (χ2n) is 7.86. The van der Waals surface area contributed by atoms with E-state index in [1.54, 1.807) is 11.3 Å². The highest BCUT2D eigenvalue weighted by atomic mass is 127. The zero-order valence-corrected chi connectivity index (χ0v) is 21.7. The highest BCUT2D eigenvalue weighted by Gasteiger charge is 2.10. The van der Waals surface area contributed by atoms with Crippen LogP contribution in [0.15, 0.2) is 29.3 Å². The van der Waals surface area contributed by atoms with Gasteiger partial charge >= 0.3 is 0 Å². The second-order valence-corrected chi connectivity index (χ2v) is 9.15. The molecule has 0 spiro atoms. The van der Waals surface area contributed by atoms with Gasteiger partial charge in [0.2, 0.25) is 0 Å². The smallest absolute Gasteiger partial charge is 0.191 e. The second kappa shape index (κ2) is 13.3. The predicted molar refractivity (Wildman–Crippen MR) is 139 cm³/mol. The number of benzene rings is 1. The molecule has 0 radical (unpaired) electrons. The van der Waals surface area contributed by atoms with Gasteiger partial charge in [-0.1, -0.05) is 37.1 Å². The highest BCUT2D eigenvalue weighted by Crippen LogP contribution is 2.16. The first-order chi connectivity index (χ1) is 14.1. The van der Waals surface area contributed by atoms with Crippen molar-refractivity contribution in [2.75, 3.05) is 26.7 Å². The van der Waals surface area contributed by atoms with Gasteiger partial charge in [0.05, 0.1) is 10.7 Å². The molecule has 1 fully saturated rings. The summed E-state index contributed by atoms with van der Waals surface area (Å²) in [6, 6.07) is 8.94. The Balaban J connectivity index is 0.00000320. The van der Waals surface area contributed by atoms with E-state index in [2.05, 4.69) is 63.6 Å². The van der Waals surface area contributed by atoms with Crippen LogP contribution in [0.2, 0.25) is 0 Å². The number of rotatable bonds is 7. The number of aliphatic imine (C=N–C) groups is 1. The van der Waals surface area contributed by atoms with Gasteiger partial charge < -0.3 is 10.6 Å². The fourth-order valence-corrected chi connectivity index (χ4v) is 4.66. The van der Waals surface area contributed by atoms with E-state index in [0.717, 1.165) is 37.7 Å². The van der Waals surface area contributed by atoms with Crippen LogP contribution in [-0.4, -0.2) is 42.5 Å². The average molecular weight is 542 g/mol. The minimum absolute atomic E-state index is 0. The van der Waals surface area contributed by atoms with Gasteiger partial charge in [0, 0.05) is 38.0 Å². The lowest BCUT2D eigenvalue weighted by molar-refractivity contribution is 0.277. The summed E-state index contributed by atoms with van der Waals surface area (Å²) in [6.07, 6.45) is 6.36. The molecule has 166 valence electrons. The van der Waals surface area contributed by atoms with Crippen molar-refractivity contribution in [2.24, 2.45) is 4.99 Å². The molecule has 0 aliphatic carbocycles. The number of guanidine groups is 1. The lowest BCUT2D eigenvalue weighted by atomic mass is 10.1. The molecule has 1 aliphatic heterocycles. The molecule has 3 rings (SSSR count). The van der Waals surface area contributed by atoms with Gasteiger partial charge in [-0.2, -0.15) is 0 Å². The number of aryl methyl sites for hydroxylation is 2. The first-order valence-corrected chi connectivity index (χ1v) is 11.6. The van der Waals surface area contributed by atoms with Crippen molar-refractivity contribution in [1.82, 2.24) is 20.5 Å². The van der Waals surface area contributed by atoms with Crippen molar-refractivity contribution in [2.45, 2.75) is 59.0 Å². The molecule has 0 amide bonds. The van der Waals surface area contributed by atoms with Gasteiger partial charge in [-0.25, -0.2) is 4.98 Å². The van der Waals surface area contributed by atoms with Crippen molar-refractivity contribution < 1.29 is 0 Å². The van der Waals surface area contributed by atoms with E-state index in [4.69, 9.17) is 0 Å². The molecule has 0 saturated carbocycles. The molecule has 0 atom stereocenters. The third-order valence-electron chi connectivity index (χ3n) is 5.48. The van der Waals surface area contributed by atoms with Crippen molar-refractivity contribution in [3.63, 3.8) is 0 Å². The fraction of sp³-hybridized carbons (Fsp3) is 0.565. The summed E-state index contributed by atoms with van der Waals surface area (Å²) >= 11 is 1.79. The lowest BCUT2D eigenvalue weighted by Gasteiger charge is -2.20. The SMILES string of the molecule is CN=C(NCCc1nc(C)c(C)s1)NCc1cccc(CN2CCCCCC2)c1.I. The van der Waals surface area contributed by atoms with Crippen LogP contribution in [0.1, 0.15) is 52.4 Å². The Labute approximate surface area is 202 Å². The van der Waals surface area contributed by atoms with Crippen molar-refractivity contribution in [3.05, 3.63) is 51.0 Å². The standard InChI is InChI=1S/C23H35N5S.HI/c1-18-19(2)29-22(27-18)11-12-25-23(24-3)26-16-20-9-8-10-21(15-20)17-28-13-6-4-5-7-14-28;/h8-10,15H,4-7,11-14,16-17H2,1-3H3,(H2,24,25,26);1H. The van der Waals surface area contributed by atoms with E-state index in [1.165, 1.54) is 59.8 Å². The Kier molecular flexibility index (Phi) is 11.1. The Morgan fingerprint density at radius 3 is 2.50 bits per heavy atom. The Morgan fingerprint density at radius 2 is 1.83 bits per heavy atom. The van der Waals surface area contributed by atoms with E-state index < -0.39 is 0 Å². The molecule has 0 unspecified atom stereocenters. The maximum atomic E-state index is 4.60. The maximum Gasteiger partial charge on any atom is 0.191 e. The van der Waals surface area contributed by atoms with Crippen molar-refractivity contribution in [3.8, 4) is 0 Å². The van der Waals surface area contributed by atoms with Crippen LogP contribution >= 0.6 is 35.3 Å². The van der Waals surface area contributed by atoms with Gasteiger partial charge in [0.15, 0.2) is 5.96 Å². The molecule has 2 N–H and O–H groups in total. The summed E-state index contributed by atoms with van der Waals surface area (Å²) in [7, 11) is 1.82. The molecule has 2 heterocycles. The molecule has 30 heavy (non-hydrogen) atoms. The molecular weight excluding hydrogens is 505 g/mol. The van der Waals surface area contributed by atoms with Crippen LogP contribution in [-0.2, 0) is 19.5 Å². The Bertz CT molecular complexity index is 777. The number of hydrogen-bond acceptors (Lipinski definition) is 4. The zero-order valence-electron chi connectivity index (χ0n) is 18.5. The molecule has 1 aromatic carbocycles. The van der Waals surface area contributed by atoms with E-state index in [1.807, 2.05) is 7.05 Å². The summed E-state index contributed by atoms with van der Waals surface area (Å²) in [6.45, 7) is 9.35. The van der Waals surface area contributed by atoms with Crippen LogP contribution in [0.25, 0.3) is 0 Å². The fourth-order valence-electron chi connectivity index (χ4n) is 3.73. The van der Waals surface area contributed by atoms with Gasteiger partial charge in [0.25, 0.3) is 0 Å². The molecule has 7 heteroatoms. The highest BCUT2D eigenvalue weighted by molar-refractivity contribution is 14.0. The van der Waals surface area contributed by atoms with Crippen LogP contribution in [0.5, 0.6) is 0 Å². The minimum Gasteiger partial charge on any atom is -0.356 e. The zero-order chi connectivity index (χ0) is 20.5. The number of thiazole rings is 1. The van der Waals surface area contributed by atoms with E-state index in [-0.39, 0.29) is 24.0 Å². The van der Waals surface area contributed by atoms with Gasteiger partial charge in [-0.05, 0) is 50.9 Å². The third kappa shape index (κ3) is 8.15. The minimum atomic E-state index is 0. The summed E-state index contributed by atoms with van der Waals surface area (Å²) in [4.78, 5) is 12.9. The van der Waals surface area contributed by atoms with Gasteiger partial charge in [-0.15, -0.1) is 35.3 Å². The third-order valence-corrected chi connectivity index (χ3v) is 6.62. The molecule has 0 bridgehead atoms. The summed E-state index contributed by atoms with van der Waals surface area (Å²) < 4.78 is 0.